The molecule has 0 saturated heterocycles. The average molecular weight is 386 g/mol. The van der Waals surface area contributed by atoms with Gasteiger partial charge in [0.1, 0.15) is 17.2 Å². The molecule has 1 heterocycles. The molecule has 4 nitrogen and oxygen atoms in total. The molecule has 6 rings (SSSR count). The van der Waals surface area contributed by atoms with Crippen LogP contribution in [-0.2, 0) is 9.53 Å². The van der Waals surface area contributed by atoms with E-state index in [1.54, 1.807) is 30.2 Å². The van der Waals surface area contributed by atoms with Gasteiger partial charge in [0, 0.05) is 10.1 Å². The van der Waals surface area contributed by atoms with E-state index in [0.717, 1.165) is 48.0 Å². The molecule has 2 aromatic rings. The third-order valence-electron chi connectivity index (χ3n) is 6.75. The summed E-state index contributed by atoms with van der Waals surface area (Å²) in [4.78, 5) is 20.9. The first kappa shape index (κ1) is 17.4. The van der Waals surface area contributed by atoms with E-state index in [4.69, 9.17) is 4.74 Å². The van der Waals surface area contributed by atoms with Gasteiger partial charge in [0.15, 0.2) is 0 Å². The molecule has 1 aromatic heterocycles. The third kappa shape index (κ3) is 3.02. The number of carbonyl (C=O) groups excluding carboxylic acids is 1. The summed E-state index contributed by atoms with van der Waals surface area (Å²) in [6, 6.07) is 4.71. The summed E-state index contributed by atoms with van der Waals surface area (Å²) in [5.41, 5.74) is 0.848. The number of hydrogen-bond acceptors (Lipinski definition) is 5. The Hall–Kier alpha value is -1.69. The zero-order valence-electron chi connectivity index (χ0n) is 15.4. The number of aromatic nitrogens is 2. The van der Waals surface area contributed by atoms with Gasteiger partial charge in [0.2, 0.25) is 0 Å². The van der Waals surface area contributed by atoms with Crippen LogP contribution in [0.15, 0.2) is 29.6 Å². The van der Waals surface area contributed by atoms with Crippen molar-refractivity contribution >= 4 is 28.6 Å². The van der Waals surface area contributed by atoms with Crippen LogP contribution in [0.5, 0.6) is 0 Å². The zero-order valence-corrected chi connectivity index (χ0v) is 16.2. The molecule has 27 heavy (non-hydrogen) atoms. The molecule has 6 heteroatoms. The summed E-state index contributed by atoms with van der Waals surface area (Å²) in [5.74, 6) is 1.000. The molecule has 2 unspecified atom stereocenters. The minimum absolute atomic E-state index is 0.0677. The molecule has 4 aliphatic carbocycles. The Kier molecular flexibility index (Phi) is 3.97. The van der Waals surface area contributed by atoms with E-state index in [9.17, 15) is 9.18 Å². The van der Waals surface area contributed by atoms with Crippen LogP contribution in [-0.4, -0.2) is 27.8 Å². The van der Waals surface area contributed by atoms with Crippen LogP contribution in [0.1, 0.15) is 44.9 Å². The molecule has 0 amide bonds. The van der Waals surface area contributed by atoms with E-state index < -0.39 is 0 Å². The lowest BCUT2D eigenvalue weighted by Crippen LogP contribution is -2.54. The summed E-state index contributed by atoms with van der Waals surface area (Å²) < 4.78 is 18.9. The van der Waals surface area contributed by atoms with Gasteiger partial charge in [-0.15, -0.1) is 0 Å². The van der Waals surface area contributed by atoms with Crippen LogP contribution >= 0.6 is 11.8 Å². The van der Waals surface area contributed by atoms with Gasteiger partial charge in [-0.05, 0) is 74.0 Å². The fourth-order valence-electron chi connectivity index (χ4n) is 6.36. The summed E-state index contributed by atoms with van der Waals surface area (Å²) in [7, 11) is 1.48. The van der Waals surface area contributed by atoms with Crippen molar-refractivity contribution in [1.29, 1.82) is 0 Å². The maximum atomic E-state index is 13.8. The maximum absolute atomic E-state index is 13.8. The molecular formula is C21H23FN2O2S. The minimum Gasteiger partial charge on any atom is -0.469 e. The Morgan fingerprint density at radius 1 is 1.26 bits per heavy atom. The number of methoxy groups -OCH3 is 1. The van der Waals surface area contributed by atoms with Crippen LogP contribution in [0, 0.1) is 23.1 Å². The Balaban J connectivity index is 1.50. The van der Waals surface area contributed by atoms with Crippen molar-refractivity contribution in [3.05, 3.63) is 30.3 Å². The lowest BCUT2D eigenvalue weighted by molar-refractivity contribution is -0.148. The van der Waals surface area contributed by atoms with Gasteiger partial charge >= 0.3 is 5.97 Å². The van der Waals surface area contributed by atoms with Crippen molar-refractivity contribution in [2.45, 2.75) is 54.7 Å². The van der Waals surface area contributed by atoms with Crippen molar-refractivity contribution in [3.63, 3.8) is 0 Å². The summed E-state index contributed by atoms with van der Waals surface area (Å²) >= 11 is 1.80. The highest BCUT2D eigenvalue weighted by atomic mass is 32.2. The van der Waals surface area contributed by atoms with Crippen LogP contribution in [0.2, 0.25) is 0 Å². The number of benzene rings is 1. The predicted octanol–water partition coefficient (Wildman–Crippen LogP) is 4.76. The number of halogens is 1. The molecular weight excluding hydrogens is 363 g/mol. The number of fused-ring (bicyclic) bond motifs is 1. The predicted molar refractivity (Wildman–Crippen MR) is 102 cm³/mol. The van der Waals surface area contributed by atoms with Crippen molar-refractivity contribution in [2.24, 2.45) is 17.3 Å². The molecule has 0 spiro atoms. The van der Waals surface area contributed by atoms with Gasteiger partial charge < -0.3 is 4.74 Å². The SMILES string of the molecule is COC(=O)CC12CC3CC(C1)CC(Sc1ncnc4ccc(F)cc14)(C3)C2. The van der Waals surface area contributed by atoms with Crippen molar-refractivity contribution in [3.8, 4) is 0 Å². The lowest BCUT2D eigenvalue weighted by atomic mass is 9.48. The third-order valence-corrected chi connectivity index (χ3v) is 8.18. The molecule has 1 aromatic carbocycles. The largest absolute Gasteiger partial charge is 0.469 e. The smallest absolute Gasteiger partial charge is 0.306 e. The first-order valence-electron chi connectivity index (χ1n) is 9.64. The number of thioether (sulfide) groups is 1. The molecule has 0 N–H and O–H groups in total. The number of hydrogen-bond donors (Lipinski definition) is 0. The Morgan fingerprint density at radius 2 is 2.04 bits per heavy atom. The van der Waals surface area contributed by atoms with E-state index in [0.29, 0.717) is 18.3 Å². The number of esters is 1. The van der Waals surface area contributed by atoms with Gasteiger partial charge in [0.05, 0.1) is 19.0 Å². The van der Waals surface area contributed by atoms with Gasteiger partial charge in [0.25, 0.3) is 0 Å². The van der Waals surface area contributed by atoms with Gasteiger partial charge in [-0.2, -0.15) is 0 Å². The average Bonchev–Trinajstić information content (AvgIpc) is 2.60. The molecule has 4 saturated carbocycles. The highest BCUT2D eigenvalue weighted by molar-refractivity contribution is 8.00. The second-order valence-electron chi connectivity index (χ2n) is 8.84. The Labute approximate surface area is 162 Å². The maximum Gasteiger partial charge on any atom is 0.306 e. The molecule has 0 radical (unpaired) electrons. The van der Waals surface area contributed by atoms with Crippen LogP contribution in [0.3, 0.4) is 0 Å². The highest BCUT2D eigenvalue weighted by Crippen LogP contribution is 2.67. The number of nitrogens with zero attached hydrogens (tertiary/aromatic N) is 2. The fourth-order valence-corrected chi connectivity index (χ4v) is 8.16. The number of ether oxygens (including phenoxy) is 1. The lowest BCUT2D eigenvalue weighted by Gasteiger charge is -2.61. The molecule has 4 aliphatic rings. The topological polar surface area (TPSA) is 52.1 Å². The van der Waals surface area contributed by atoms with E-state index in [1.807, 2.05) is 0 Å². The van der Waals surface area contributed by atoms with Crippen LogP contribution in [0.4, 0.5) is 4.39 Å². The summed E-state index contributed by atoms with van der Waals surface area (Å²) in [5, 5.41) is 1.66. The van der Waals surface area contributed by atoms with E-state index in [-0.39, 0.29) is 21.9 Å². The highest BCUT2D eigenvalue weighted by Gasteiger charge is 2.58. The standard InChI is InChI=1S/C21H23FN2O2S/c1-26-18(25)10-20-6-13-4-14(7-20)9-21(8-13,11-20)27-19-16-5-15(22)2-3-17(16)23-12-24-19/h2-3,5,12-14H,4,6-11H2,1H3. The zero-order chi connectivity index (χ0) is 18.6. The number of carbonyl (C=O) groups is 1. The summed E-state index contributed by atoms with van der Waals surface area (Å²) in [6.45, 7) is 0. The molecule has 0 aliphatic heterocycles. The molecule has 142 valence electrons. The number of rotatable bonds is 4. The van der Waals surface area contributed by atoms with Crippen molar-refractivity contribution in [2.75, 3.05) is 7.11 Å². The van der Waals surface area contributed by atoms with Crippen LogP contribution in [0.25, 0.3) is 10.9 Å². The molecule has 4 bridgehead atoms. The normalized spacial score (nSPS) is 34.1. The quantitative estimate of drug-likeness (QED) is 0.560. The van der Waals surface area contributed by atoms with Crippen molar-refractivity contribution < 1.29 is 13.9 Å². The van der Waals surface area contributed by atoms with Gasteiger partial charge in [-0.3, -0.25) is 4.79 Å². The van der Waals surface area contributed by atoms with E-state index in [1.165, 1.54) is 19.6 Å². The van der Waals surface area contributed by atoms with E-state index in [2.05, 4.69) is 9.97 Å². The van der Waals surface area contributed by atoms with Crippen molar-refractivity contribution in [1.82, 2.24) is 9.97 Å². The van der Waals surface area contributed by atoms with E-state index >= 15 is 0 Å². The summed E-state index contributed by atoms with van der Waals surface area (Å²) in [6.07, 6.45) is 9.01. The fraction of sp³-hybridized carbons (Fsp3) is 0.571. The van der Waals surface area contributed by atoms with Gasteiger partial charge in [-0.25, -0.2) is 14.4 Å². The first-order valence-corrected chi connectivity index (χ1v) is 10.5. The second kappa shape index (κ2) is 6.16. The Bertz CT molecular complexity index is 904. The molecule has 4 fully saturated rings. The first-order chi connectivity index (χ1) is 13.0. The monoisotopic (exact) mass is 386 g/mol. The minimum atomic E-state index is -0.258. The van der Waals surface area contributed by atoms with Crippen LogP contribution < -0.4 is 0 Å². The second-order valence-corrected chi connectivity index (χ2v) is 10.3. The molecule has 2 atom stereocenters. The Morgan fingerprint density at radius 3 is 2.78 bits per heavy atom. The van der Waals surface area contributed by atoms with Gasteiger partial charge in [-0.1, -0.05) is 11.8 Å².